The predicted molar refractivity (Wildman–Crippen MR) is 79.3 cm³/mol. The van der Waals surface area contributed by atoms with Gasteiger partial charge in [0.15, 0.2) is 0 Å². The molecule has 0 radical (unpaired) electrons. The van der Waals surface area contributed by atoms with Crippen molar-refractivity contribution in [2.75, 3.05) is 17.3 Å². The highest BCUT2D eigenvalue weighted by atomic mass is 32.2. The smallest absolute Gasteiger partial charge is 0.230 e. The summed E-state index contributed by atoms with van der Waals surface area (Å²) in [6.07, 6.45) is 2.21. The van der Waals surface area contributed by atoms with Crippen LogP contribution in [0.3, 0.4) is 0 Å². The summed E-state index contributed by atoms with van der Waals surface area (Å²) < 4.78 is 8.33. The quantitative estimate of drug-likeness (QED) is 0.902. The van der Waals surface area contributed by atoms with E-state index in [1.54, 1.807) is 11.8 Å². The van der Waals surface area contributed by atoms with Crippen molar-refractivity contribution in [3.63, 3.8) is 0 Å². The van der Waals surface area contributed by atoms with Crippen LogP contribution >= 0.6 is 35.3 Å². The molecular formula is C11H17N3OS3. The highest BCUT2D eigenvalue weighted by molar-refractivity contribution is 7.99. The Morgan fingerprint density at radius 2 is 2.22 bits per heavy atom. The maximum absolute atomic E-state index is 11.8. The van der Waals surface area contributed by atoms with Crippen LogP contribution in [0.4, 0.5) is 0 Å². The molecule has 100 valence electrons. The summed E-state index contributed by atoms with van der Waals surface area (Å²) in [5.74, 6) is 3.78. The van der Waals surface area contributed by atoms with Crippen LogP contribution in [0, 0.1) is 6.92 Å². The van der Waals surface area contributed by atoms with Gasteiger partial charge in [0.2, 0.25) is 5.91 Å². The maximum atomic E-state index is 11.8. The van der Waals surface area contributed by atoms with E-state index >= 15 is 0 Å². The van der Waals surface area contributed by atoms with E-state index in [1.807, 2.05) is 18.7 Å². The topological polar surface area (TPSA) is 54.9 Å². The molecule has 1 aliphatic rings. The summed E-state index contributed by atoms with van der Waals surface area (Å²) in [6.45, 7) is 1.96. The van der Waals surface area contributed by atoms with Crippen molar-refractivity contribution in [1.82, 2.24) is 14.1 Å². The summed E-state index contributed by atoms with van der Waals surface area (Å²) in [7, 11) is 0. The van der Waals surface area contributed by atoms with Crippen molar-refractivity contribution >= 4 is 41.2 Å². The Balaban J connectivity index is 1.64. The molecule has 2 rings (SSSR count). The van der Waals surface area contributed by atoms with Crippen LogP contribution in [0.5, 0.6) is 0 Å². The lowest BCUT2D eigenvalue weighted by Gasteiger charge is -2.22. The number of thioether (sulfide) groups is 2. The average molecular weight is 303 g/mol. The second-order valence-corrected chi connectivity index (χ2v) is 6.98. The van der Waals surface area contributed by atoms with Gasteiger partial charge in [0.1, 0.15) is 0 Å². The van der Waals surface area contributed by atoms with Crippen LogP contribution in [0.25, 0.3) is 0 Å². The number of nitrogens with zero attached hydrogens (tertiary/aromatic N) is 2. The Kier molecular flexibility index (Phi) is 5.78. The largest absolute Gasteiger partial charge is 0.353 e. The predicted octanol–water partition coefficient (Wildman–Crippen LogP) is 2.09. The highest BCUT2D eigenvalue weighted by Crippen LogP contribution is 2.17. The summed E-state index contributed by atoms with van der Waals surface area (Å²) in [4.78, 5) is 11.8. The lowest BCUT2D eigenvalue weighted by molar-refractivity contribution is -0.119. The summed E-state index contributed by atoms with van der Waals surface area (Å²) in [5, 5.41) is 3.11. The van der Waals surface area contributed by atoms with Crippen molar-refractivity contribution in [2.24, 2.45) is 0 Å². The Morgan fingerprint density at radius 3 is 2.89 bits per heavy atom. The average Bonchev–Trinajstić information content (AvgIpc) is 2.76. The van der Waals surface area contributed by atoms with Gasteiger partial charge >= 0.3 is 0 Å². The molecule has 1 amide bonds. The van der Waals surface area contributed by atoms with E-state index in [2.05, 4.69) is 14.1 Å². The standard InChI is InChI=1S/C11H17N3OS3/c1-8-10(14-18-13-8)6-17-7-11(15)12-9-2-4-16-5-3-9/h9H,2-7H2,1H3,(H,12,15). The van der Waals surface area contributed by atoms with E-state index in [0.29, 0.717) is 11.8 Å². The zero-order valence-electron chi connectivity index (χ0n) is 10.3. The first-order valence-electron chi connectivity index (χ1n) is 5.98. The maximum Gasteiger partial charge on any atom is 0.230 e. The van der Waals surface area contributed by atoms with Gasteiger partial charge < -0.3 is 5.32 Å². The van der Waals surface area contributed by atoms with Crippen molar-refractivity contribution in [3.8, 4) is 0 Å². The number of carbonyl (C=O) groups is 1. The molecule has 1 fully saturated rings. The lowest BCUT2D eigenvalue weighted by atomic mass is 10.1. The van der Waals surface area contributed by atoms with Gasteiger partial charge in [-0.15, -0.1) is 11.8 Å². The Hall–Kier alpha value is -0.270. The van der Waals surface area contributed by atoms with E-state index in [9.17, 15) is 4.79 Å². The fourth-order valence-electron chi connectivity index (χ4n) is 1.73. The number of rotatable bonds is 5. The molecule has 1 saturated heterocycles. The molecule has 7 heteroatoms. The first kappa shape index (κ1) is 14.1. The zero-order chi connectivity index (χ0) is 12.8. The lowest BCUT2D eigenvalue weighted by Crippen LogP contribution is -2.38. The molecule has 4 nitrogen and oxygen atoms in total. The fourth-order valence-corrected chi connectivity index (χ4v) is 4.32. The van der Waals surface area contributed by atoms with Crippen molar-refractivity contribution < 1.29 is 4.79 Å². The molecule has 18 heavy (non-hydrogen) atoms. The van der Waals surface area contributed by atoms with Gasteiger partial charge in [-0.25, -0.2) is 0 Å². The third-order valence-corrected chi connectivity index (χ3v) is 5.45. The molecule has 0 atom stereocenters. The second-order valence-electron chi connectivity index (χ2n) is 4.24. The van der Waals surface area contributed by atoms with Crippen molar-refractivity contribution in [1.29, 1.82) is 0 Å². The molecule has 0 aromatic carbocycles. The van der Waals surface area contributed by atoms with Crippen LogP contribution < -0.4 is 5.32 Å². The Bertz CT molecular complexity index is 391. The summed E-state index contributed by atoms with van der Waals surface area (Å²) in [6, 6.07) is 0.391. The van der Waals surface area contributed by atoms with Gasteiger partial charge in [-0.2, -0.15) is 20.5 Å². The summed E-state index contributed by atoms with van der Waals surface area (Å²) >= 11 is 4.82. The number of carbonyl (C=O) groups excluding carboxylic acids is 1. The van der Waals surface area contributed by atoms with Gasteiger partial charge in [-0.3, -0.25) is 4.79 Å². The SMILES string of the molecule is Cc1nsnc1CSCC(=O)NC1CCSCC1. The van der Waals surface area contributed by atoms with Crippen molar-refractivity contribution in [3.05, 3.63) is 11.4 Å². The van der Waals surface area contributed by atoms with Crippen molar-refractivity contribution in [2.45, 2.75) is 31.6 Å². The molecule has 0 spiro atoms. The van der Waals surface area contributed by atoms with E-state index in [-0.39, 0.29) is 5.91 Å². The van der Waals surface area contributed by atoms with Crippen LogP contribution in [-0.4, -0.2) is 38.0 Å². The van der Waals surface area contributed by atoms with Crippen LogP contribution in [0.15, 0.2) is 0 Å². The van der Waals surface area contributed by atoms with Gasteiger partial charge in [-0.1, -0.05) is 0 Å². The van der Waals surface area contributed by atoms with Crippen LogP contribution in [-0.2, 0) is 10.5 Å². The minimum atomic E-state index is 0.151. The molecule has 0 unspecified atom stereocenters. The minimum Gasteiger partial charge on any atom is -0.353 e. The molecule has 2 heterocycles. The molecule has 1 aliphatic heterocycles. The van der Waals surface area contributed by atoms with Gasteiger partial charge in [0, 0.05) is 11.8 Å². The second kappa shape index (κ2) is 7.35. The number of aromatic nitrogens is 2. The number of amides is 1. The van der Waals surface area contributed by atoms with E-state index in [4.69, 9.17) is 0 Å². The molecule has 0 saturated carbocycles. The normalized spacial score (nSPS) is 16.7. The van der Waals surface area contributed by atoms with Crippen LogP contribution in [0.2, 0.25) is 0 Å². The molecular weight excluding hydrogens is 286 g/mol. The highest BCUT2D eigenvalue weighted by Gasteiger charge is 2.15. The van der Waals surface area contributed by atoms with E-state index in [1.165, 1.54) is 23.2 Å². The summed E-state index contributed by atoms with van der Waals surface area (Å²) in [5.41, 5.74) is 1.99. The first-order valence-corrected chi connectivity index (χ1v) is 9.02. The number of hydrogen-bond acceptors (Lipinski definition) is 6. The molecule has 1 aromatic rings. The van der Waals surface area contributed by atoms with Gasteiger partial charge in [0.05, 0.1) is 28.9 Å². The van der Waals surface area contributed by atoms with Crippen LogP contribution in [0.1, 0.15) is 24.2 Å². The minimum absolute atomic E-state index is 0.151. The molecule has 0 bridgehead atoms. The van der Waals surface area contributed by atoms with E-state index in [0.717, 1.165) is 30.0 Å². The Labute approximate surface area is 120 Å². The monoisotopic (exact) mass is 303 g/mol. The number of hydrogen-bond donors (Lipinski definition) is 1. The third-order valence-electron chi connectivity index (χ3n) is 2.80. The zero-order valence-corrected chi connectivity index (χ0v) is 12.8. The fraction of sp³-hybridized carbons (Fsp3) is 0.727. The van der Waals surface area contributed by atoms with E-state index < -0.39 is 0 Å². The number of nitrogens with one attached hydrogen (secondary N) is 1. The molecule has 0 aliphatic carbocycles. The Morgan fingerprint density at radius 1 is 1.44 bits per heavy atom. The number of aryl methyl sites for hydroxylation is 1. The molecule has 1 aromatic heterocycles. The first-order chi connectivity index (χ1) is 8.75. The van der Waals surface area contributed by atoms with Gasteiger partial charge in [-0.05, 0) is 31.3 Å². The van der Waals surface area contributed by atoms with Gasteiger partial charge in [0.25, 0.3) is 0 Å². The third kappa shape index (κ3) is 4.44. The molecule has 1 N–H and O–H groups in total.